The molecule has 1 aliphatic rings. The van der Waals surface area contributed by atoms with Gasteiger partial charge in [-0.25, -0.2) is 0 Å². The molecule has 3 rings (SSSR count). The maximum absolute atomic E-state index is 12.5. The molecule has 0 aliphatic carbocycles. The first kappa shape index (κ1) is 18.7. The summed E-state index contributed by atoms with van der Waals surface area (Å²) >= 11 is 3.38. The van der Waals surface area contributed by atoms with Crippen LogP contribution < -0.4 is 5.32 Å². The first-order chi connectivity index (χ1) is 12.4. The molecule has 0 bridgehead atoms. The Morgan fingerprint density at radius 2 is 1.73 bits per heavy atom. The van der Waals surface area contributed by atoms with Crippen LogP contribution in [0.4, 0.5) is 5.69 Å². The van der Waals surface area contributed by atoms with Crippen molar-refractivity contribution in [3.8, 4) is 0 Å². The van der Waals surface area contributed by atoms with E-state index < -0.39 is 0 Å². The SMILES string of the molecule is Cc1ccc(C(=O)N2CCN(C(C)C(=O)Nc3ccc(Br)cc3)CC2)o1. The van der Waals surface area contributed by atoms with Crippen LogP contribution in [-0.4, -0.2) is 53.8 Å². The molecule has 0 radical (unpaired) electrons. The van der Waals surface area contributed by atoms with Gasteiger partial charge in [0.2, 0.25) is 5.91 Å². The van der Waals surface area contributed by atoms with E-state index in [1.807, 2.05) is 38.1 Å². The molecule has 7 heteroatoms. The van der Waals surface area contributed by atoms with Crippen LogP contribution in [0.15, 0.2) is 45.3 Å². The summed E-state index contributed by atoms with van der Waals surface area (Å²) in [6, 6.07) is 10.7. The Morgan fingerprint density at radius 3 is 2.31 bits per heavy atom. The van der Waals surface area contributed by atoms with Gasteiger partial charge in [-0.3, -0.25) is 14.5 Å². The van der Waals surface area contributed by atoms with Gasteiger partial charge in [-0.15, -0.1) is 0 Å². The molecule has 1 aromatic carbocycles. The zero-order valence-corrected chi connectivity index (χ0v) is 16.5. The number of furan rings is 1. The zero-order valence-electron chi connectivity index (χ0n) is 14.9. The number of piperazine rings is 1. The second-order valence-electron chi connectivity index (χ2n) is 6.41. The third kappa shape index (κ3) is 4.34. The molecule has 1 saturated heterocycles. The number of rotatable bonds is 4. The van der Waals surface area contributed by atoms with Crippen LogP contribution in [0, 0.1) is 6.92 Å². The number of halogens is 1. The summed E-state index contributed by atoms with van der Waals surface area (Å²) in [6.07, 6.45) is 0. The monoisotopic (exact) mass is 419 g/mol. The first-order valence-electron chi connectivity index (χ1n) is 8.60. The number of amides is 2. The Kier molecular flexibility index (Phi) is 5.78. The van der Waals surface area contributed by atoms with Gasteiger partial charge in [0.25, 0.3) is 5.91 Å². The lowest BCUT2D eigenvalue weighted by Gasteiger charge is -2.37. The number of hydrogen-bond donors (Lipinski definition) is 1. The van der Waals surface area contributed by atoms with Gasteiger partial charge >= 0.3 is 0 Å². The number of aryl methyl sites for hydroxylation is 1. The highest BCUT2D eigenvalue weighted by Gasteiger charge is 2.28. The Morgan fingerprint density at radius 1 is 1.08 bits per heavy atom. The Balaban J connectivity index is 1.52. The number of nitrogens with one attached hydrogen (secondary N) is 1. The van der Waals surface area contributed by atoms with Gasteiger partial charge in [0.15, 0.2) is 5.76 Å². The lowest BCUT2D eigenvalue weighted by molar-refractivity contribution is -0.121. The van der Waals surface area contributed by atoms with Gasteiger partial charge in [0, 0.05) is 36.3 Å². The second-order valence-corrected chi connectivity index (χ2v) is 7.33. The molecule has 26 heavy (non-hydrogen) atoms. The molecule has 2 heterocycles. The van der Waals surface area contributed by atoms with Crippen molar-refractivity contribution < 1.29 is 14.0 Å². The van der Waals surface area contributed by atoms with Crippen molar-refractivity contribution in [1.82, 2.24) is 9.80 Å². The Bertz CT molecular complexity index is 780. The highest BCUT2D eigenvalue weighted by atomic mass is 79.9. The molecular weight excluding hydrogens is 398 g/mol. The van der Waals surface area contributed by atoms with Crippen LogP contribution in [-0.2, 0) is 4.79 Å². The predicted octanol–water partition coefficient (Wildman–Crippen LogP) is 3.14. The maximum Gasteiger partial charge on any atom is 0.289 e. The van der Waals surface area contributed by atoms with Crippen LogP contribution in [0.1, 0.15) is 23.2 Å². The van der Waals surface area contributed by atoms with E-state index in [4.69, 9.17) is 4.42 Å². The number of carbonyl (C=O) groups excluding carboxylic acids is 2. The topological polar surface area (TPSA) is 65.8 Å². The van der Waals surface area contributed by atoms with Crippen molar-refractivity contribution in [1.29, 1.82) is 0 Å². The average molecular weight is 420 g/mol. The standard InChI is InChI=1S/C19H22BrN3O3/c1-13-3-8-17(26-13)19(25)23-11-9-22(10-12-23)14(2)18(24)21-16-6-4-15(20)5-7-16/h3-8,14H,9-12H2,1-2H3,(H,21,24). The minimum Gasteiger partial charge on any atom is -0.456 e. The number of nitrogens with zero attached hydrogens (tertiary/aromatic N) is 2. The summed E-state index contributed by atoms with van der Waals surface area (Å²) in [4.78, 5) is 28.8. The molecule has 1 aliphatic heterocycles. The van der Waals surface area contributed by atoms with Gasteiger partial charge in [0.05, 0.1) is 6.04 Å². The highest BCUT2D eigenvalue weighted by molar-refractivity contribution is 9.10. The quantitative estimate of drug-likeness (QED) is 0.826. The predicted molar refractivity (Wildman–Crippen MR) is 103 cm³/mol. The highest BCUT2D eigenvalue weighted by Crippen LogP contribution is 2.16. The van der Waals surface area contributed by atoms with E-state index in [0.29, 0.717) is 31.9 Å². The Hall–Kier alpha value is -2.12. The summed E-state index contributed by atoms with van der Waals surface area (Å²) in [6.45, 7) is 6.17. The average Bonchev–Trinajstić information content (AvgIpc) is 3.09. The first-order valence-corrected chi connectivity index (χ1v) is 9.39. The van der Waals surface area contributed by atoms with E-state index in [0.717, 1.165) is 15.9 Å². The van der Waals surface area contributed by atoms with E-state index in [1.165, 1.54) is 0 Å². The number of hydrogen-bond acceptors (Lipinski definition) is 4. The zero-order chi connectivity index (χ0) is 18.7. The molecule has 1 atom stereocenters. The summed E-state index contributed by atoms with van der Waals surface area (Å²) in [5.74, 6) is 0.959. The van der Waals surface area contributed by atoms with Crippen LogP contribution in [0.2, 0.25) is 0 Å². The van der Waals surface area contributed by atoms with Crippen LogP contribution in [0.25, 0.3) is 0 Å². The summed E-state index contributed by atoms with van der Waals surface area (Å²) in [5, 5.41) is 2.93. The van der Waals surface area contributed by atoms with Crippen molar-refractivity contribution in [2.75, 3.05) is 31.5 Å². The third-order valence-corrected chi connectivity index (χ3v) is 5.12. The van der Waals surface area contributed by atoms with Crippen molar-refractivity contribution in [2.24, 2.45) is 0 Å². The molecule has 138 valence electrons. The minimum absolute atomic E-state index is 0.0474. The molecule has 6 nitrogen and oxygen atoms in total. The molecular formula is C19H22BrN3O3. The fraction of sp³-hybridized carbons (Fsp3) is 0.368. The van der Waals surface area contributed by atoms with E-state index in [9.17, 15) is 9.59 Å². The number of anilines is 1. The minimum atomic E-state index is -0.262. The summed E-state index contributed by atoms with van der Waals surface area (Å²) in [5.41, 5.74) is 0.770. The second kappa shape index (κ2) is 8.05. The van der Waals surface area contributed by atoms with Gasteiger partial charge in [-0.1, -0.05) is 15.9 Å². The van der Waals surface area contributed by atoms with Crippen molar-refractivity contribution >= 4 is 33.4 Å². The van der Waals surface area contributed by atoms with Crippen molar-refractivity contribution in [2.45, 2.75) is 19.9 Å². The van der Waals surface area contributed by atoms with Crippen molar-refractivity contribution in [3.05, 3.63) is 52.4 Å². The number of carbonyl (C=O) groups is 2. The van der Waals surface area contributed by atoms with Crippen molar-refractivity contribution in [3.63, 3.8) is 0 Å². The molecule has 2 amide bonds. The van der Waals surface area contributed by atoms with Crippen LogP contribution >= 0.6 is 15.9 Å². The molecule has 1 N–H and O–H groups in total. The maximum atomic E-state index is 12.5. The van der Waals surface area contributed by atoms with E-state index in [2.05, 4.69) is 26.1 Å². The molecule has 1 aromatic heterocycles. The normalized spacial score (nSPS) is 16.3. The van der Waals surface area contributed by atoms with Crippen LogP contribution in [0.3, 0.4) is 0 Å². The smallest absolute Gasteiger partial charge is 0.289 e. The van der Waals surface area contributed by atoms with Crippen LogP contribution in [0.5, 0.6) is 0 Å². The molecule has 1 fully saturated rings. The molecule has 0 saturated carbocycles. The lowest BCUT2D eigenvalue weighted by atomic mass is 10.2. The van der Waals surface area contributed by atoms with E-state index >= 15 is 0 Å². The molecule has 1 unspecified atom stereocenters. The van der Waals surface area contributed by atoms with Gasteiger partial charge in [-0.05, 0) is 50.2 Å². The van der Waals surface area contributed by atoms with Gasteiger partial charge in [0.1, 0.15) is 5.76 Å². The largest absolute Gasteiger partial charge is 0.456 e. The summed E-state index contributed by atoms with van der Waals surface area (Å²) < 4.78 is 6.38. The molecule has 2 aromatic rings. The van der Waals surface area contributed by atoms with Gasteiger partial charge in [-0.2, -0.15) is 0 Å². The lowest BCUT2D eigenvalue weighted by Crippen LogP contribution is -2.54. The summed E-state index contributed by atoms with van der Waals surface area (Å²) in [7, 11) is 0. The third-order valence-electron chi connectivity index (χ3n) is 4.59. The Labute approximate surface area is 161 Å². The number of benzene rings is 1. The fourth-order valence-corrected chi connectivity index (χ4v) is 3.23. The fourth-order valence-electron chi connectivity index (χ4n) is 2.96. The molecule has 0 spiro atoms. The van der Waals surface area contributed by atoms with E-state index in [1.54, 1.807) is 17.0 Å². The van der Waals surface area contributed by atoms with Gasteiger partial charge < -0.3 is 14.6 Å². The van der Waals surface area contributed by atoms with E-state index in [-0.39, 0.29) is 17.9 Å².